The van der Waals surface area contributed by atoms with Gasteiger partial charge in [-0.05, 0) is 37.5 Å². The molecule has 0 N–H and O–H groups in total. The second-order valence-corrected chi connectivity index (χ2v) is 4.51. The molecule has 1 aliphatic rings. The van der Waals surface area contributed by atoms with E-state index in [1.165, 1.54) is 22.3 Å². The van der Waals surface area contributed by atoms with Gasteiger partial charge in [0.15, 0.2) is 0 Å². The van der Waals surface area contributed by atoms with Crippen LogP contribution in [0.25, 0.3) is 0 Å². The number of hydrogen-bond acceptors (Lipinski definition) is 0. The molecule has 0 saturated heterocycles. The first kappa shape index (κ1) is 13.7. The van der Waals surface area contributed by atoms with Crippen molar-refractivity contribution in [3.63, 3.8) is 0 Å². The standard InChI is InChI=1S/C10H14Cl2.Rh/c1-5-6(2)8(4)9(7(5)3)10(11)12;/h7,10H,1-4H3;. The molecule has 0 saturated carbocycles. The second-order valence-electron chi connectivity index (χ2n) is 3.41. The summed E-state index contributed by atoms with van der Waals surface area (Å²) >= 11 is 11.8. The van der Waals surface area contributed by atoms with E-state index in [1.54, 1.807) is 0 Å². The fourth-order valence-electron chi connectivity index (χ4n) is 1.75. The van der Waals surface area contributed by atoms with E-state index in [9.17, 15) is 0 Å². The first-order chi connectivity index (χ1) is 5.46. The van der Waals surface area contributed by atoms with E-state index >= 15 is 0 Å². The van der Waals surface area contributed by atoms with Crippen LogP contribution >= 0.6 is 23.2 Å². The first-order valence-electron chi connectivity index (χ1n) is 4.13. The van der Waals surface area contributed by atoms with Crippen LogP contribution in [0.3, 0.4) is 0 Å². The molecule has 1 aliphatic carbocycles. The SMILES string of the molecule is CC1=C(C)C(C)C(C(Cl)Cl)=C1C.[Rh]. The van der Waals surface area contributed by atoms with Crippen LogP contribution in [0, 0.1) is 5.92 Å². The van der Waals surface area contributed by atoms with Gasteiger partial charge in [0.05, 0.1) is 0 Å². The maximum absolute atomic E-state index is 5.89. The minimum Gasteiger partial charge on any atom is -0.100 e. The molecule has 0 aromatic rings. The Bertz CT molecular complexity index is 264. The molecule has 0 aromatic heterocycles. The molecule has 0 amide bonds. The van der Waals surface area contributed by atoms with Crippen LogP contribution < -0.4 is 0 Å². The molecule has 0 aromatic carbocycles. The van der Waals surface area contributed by atoms with Gasteiger partial charge >= 0.3 is 0 Å². The predicted octanol–water partition coefficient (Wildman–Crippen LogP) is 4.09. The topological polar surface area (TPSA) is 0 Å². The zero-order valence-corrected chi connectivity index (χ0v) is 11.4. The maximum atomic E-state index is 5.89. The van der Waals surface area contributed by atoms with E-state index in [0.717, 1.165) is 0 Å². The van der Waals surface area contributed by atoms with Gasteiger partial charge in [-0.1, -0.05) is 12.5 Å². The summed E-state index contributed by atoms with van der Waals surface area (Å²) in [4.78, 5) is -0.354. The van der Waals surface area contributed by atoms with Gasteiger partial charge in [-0.25, -0.2) is 0 Å². The largest absolute Gasteiger partial charge is 0.129 e. The number of hydrogen-bond donors (Lipinski definition) is 0. The Balaban J connectivity index is 0.00000144. The summed E-state index contributed by atoms with van der Waals surface area (Å²) in [5.74, 6) is 0.421. The molecule has 0 nitrogen and oxygen atoms in total. The Morgan fingerprint density at radius 3 is 1.69 bits per heavy atom. The summed E-state index contributed by atoms with van der Waals surface area (Å²) in [6.45, 7) is 8.52. The van der Waals surface area contributed by atoms with Crippen molar-refractivity contribution in [2.24, 2.45) is 5.92 Å². The minimum atomic E-state index is -0.354. The quantitative estimate of drug-likeness (QED) is 0.505. The number of halogens is 2. The normalized spacial score (nSPS) is 22.8. The van der Waals surface area contributed by atoms with Crippen molar-refractivity contribution in [1.29, 1.82) is 0 Å². The molecule has 13 heavy (non-hydrogen) atoms. The third-order valence-corrected chi connectivity index (χ3v) is 3.41. The van der Waals surface area contributed by atoms with Crippen LogP contribution in [0.1, 0.15) is 27.7 Å². The van der Waals surface area contributed by atoms with Crippen molar-refractivity contribution in [3.8, 4) is 0 Å². The minimum absolute atomic E-state index is 0. The van der Waals surface area contributed by atoms with Crippen molar-refractivity contribution >= 4 is 23.2 Å². The number of allylic oxidation sites excluding steroid dienone is 4. The summed E-state index contributed by atoms with van der Waals surface area (Å²) in [5.41, 5.74) is 5.20. The van der Waals surface area contributed by atoms with Crippen LogP contribution in [0.5, 0.6) is 0 Å². The maximum Gasteiger partial charge on any atom is 0.129 e. The van der Waals surface area contributed by atoms with Crippen molar-refractivity contribution in [2.45, 2.75) is 32.5 Å². The van der Waals surface area contributed by atoms with Crippen LogP contribution in [0.2, 0.25) is 0 Å². The van der Waals surface area contributed by atoms with Gasteiger partial charge in [-0.15, -0.1) is 23.2 Å². The molecule has 0 heterocycles. The van der Waals surface area contributed by atoms with Gasteiger partial charge in [0.2, 0.25) is 0 Å². The fraction of sp³-hybridized carbons (Fsp3) is 0.600. The Morgan fingerprint density at radius 1 is 1.08 bits per heavy atom. The molecule has 3 heteroatoms. The van der Waals surface area contributed by atoms with Crippen molar-refractivity contribution in [3.05, 3.63) is 22.3 Å². The van der Waals surface area contributed by atoms with Crippen LogP contribution in [-0.4, -0.2) is 4.84 Å². The van der Waals surface area contributed by atoms with Gasteiger partial charge in [0.1, 0.15) is 4.84 Å². The Kier molecular flexibility index (Phi) is 5.22. The summed E-state index contributed by atoms with van der Waals surface area (Å²) in [7, 11) is 0. The van der Waals surface area contributed by atoms with E-state index < -0.39 is 0 Å². The molecule has 0 spiro atoms. The molecular weight excluding hydrogens is 294 g/mol. The summed E-state index contributed by atoms with van der Waals surface area (Å²) < 4.78 is 0. The smallest absolute Gasteiger partial charge is 0.100 e. The molecule has 1 radical (unpaired) electrons. The summed E-state index contributed by atoms with van der Waals surface area (Å²) in [6, 6.07) is 0. The molecule has 77 valence electrons. The first-order valence-corrected chi connectivity index (χ1v) is 5.00. The van der Waals surface area contributed by atoms with Crippen molar-refractivity contribution in [2.75, 3.05) is 0 Å². The zero-order valence-electron chi connectivity index (χ0n) is 8.24. The Morgan fingerprint density at radius 2 is 1.54 bits per heavy atom. The van der Waals surface area contributed by atoms with E-state index in [-0.39, 0.29) is 24.3 Å². The zero-order chi connectivity index (χ0) is 9.46. The number of alkyl halides is 2. The number of rotatable bonds is 1. The van der Waals surface area contributed by atoms with Crippen molar-refractivity contribution in [1.82, 2.24) is 0 Å². The van der Waals surface area contributed by atoms with Gasteiger partial charge < -0.3 is 0 Å². The summed E-state index contributed by atoms with van der Waals surface area (Å²) in [5, 5.41) is 0. The molecule has 1 rings (SSSR count). The van der Waals surface area contributed by atoms with Gasteiger partial charge in [0.25, 0.3) is 0 Å². The summed E-state index contributed by atoms with van der Waals surface area (Å²) in [6.07, 6.45) is 0. The average Bonchev–Trinajstić information content (AvgIpc) is 2.16. The van der Waals surface area contributed by atoms with E-state index in [2.05, 4.69) is 27.7 Å². The molecule has 0 aliphatic heterocycles. The average molecular weight is 308 g/mol. The third kappa shape index (κ3) is 2.38. The third-order valence-electron chi connectivity index (χ3n) is 2.94. The molecule has 1 atom stereocenters. The molecule has 0 fully saturated rings. The van der Waals surface area contributed by atoms with E-state index in [0.29, 0.717) is 5.92 Å². The Labute approximate surface area is 103 Å². The van der Waals surface area contributed by atoms with Crippen molar-refractivity contribution < 1.29 is 19.5 Å². The van der Waals surface area contributed by atoms with Gasteiger partial charge in [0, 0.05) is 25.4 Å². The molecule has 1 unspecified atom stereocenters. The van der Waals surface area contributed by atoms with E-state index in [1.807, 2.05) is 0 Å². The van der Waals surface area contributed by atoms with Gasteiger partial charge in [-0.3, -0.25) is 0 Å². The van der Waals surface area contributed by atoms with Gasteiger partial charge in [-0.2, -0.15) is 0 Å². The predicted molar refractivity (Wildman–Crippen MR) is 55.7 cm³/mol. The Hall–Kier alpha value is 0.683. The molecule has 0 bridgehead atoms. The molecular formula is C10H14Cl2Rh. The van der Waals surface area contributed by atoms with E-state index in [4.69, 9.17) is 23.2 Å². The fourth-order valence-corrected chi connectivity index (χ4v) is 2.45. The second kappa shape index (κ2) is 4.96. The van der Waals surface area contributed by atoms with Crippen LogP contribution in [0.4, 0.5) is 0 Å². The van der Waals surface area contributed by atoms with Crippen LogP contribution in [0.15, 0.2) is 22.3 Å². The monoisotopic (exact) mass is 307 g/mol. The van der Waals surface area contributed by atoms with Crippen LogP contribution in [-0.2, 0) is 19.5 Å².